The van der Waals surface area contributed by atoms with Crippen molar-refractivity contribution in [2.75, 3.05) is 0 Å². The lowest BCUT2D eigenvalue weighted by molar-refractivity contribution is -0.149. The molecule has 0 aromatic carbocycles. The minimum absolute atomic E-state index is 0.130. The number of hydrogen-bond donors (Lipinski definition) is 3. The normalized spacial score (nSPS) is 15.2. The Labute approximate surface area is 76.8 Å². The van der Waals surface area contributed by atoms with Gasteiger partial charge in [0, 0.05) is 6.92 Å². The van der Waals surface area contributed by atoms with Gasteiger partial charge >= 0.3 is 5.97 Å². The summed E-state index contributed by atoms with van der Waals surface area (Å²) in [6.07, 6.45) is -1.55. The molecule has 13 heavy (non-hydrogen) atoms. The summed E-state index contributed by atoms with van der Waals surface area (Å²) in [6, 6.07) is -0.741. The van der Waals surface area contributed by atoms with Crippen molar-refractivity contribution >= 4 is 11.9 Å². The third kappa shape index (κ3) is 3.89. The maximum absolute atomic E-state index is 10.7. The van der Waals surface area contributed by atoms with E-state index >= 15 is 0 Å². The molecule has 0 aliphatic rings. The molecule has 0 heterocycles. The van der Waals surface area contributed by atoms with E-state index in [1.165, 1.54) is 6.92 Å². The lowest BCUT2D eigenvalue weighted by Gasteiger charge is -2.23. The standard InChI is InChI=1S/C8H15NO4/c1-4(2)6(9-5(3)10)7(11)8(12)13/h4,6-7,11H,1-3H3,(H,9,10)(H,12,13). The zero-order valence-electron chi connectivity index (χ0n) is 7.94. The van der Waals surface area contributed by atoms with E-state index in [0.717, 1.165) is 0 Å². The van der Waals surface area contributed by atoms with Gasteiger partial charge in [0.05, 0.1) is 6.04 Å². The number of aliphatic hydroxyl groups excluding tert-OH is 1. The number of carboxylic acid groups (broad SMARTS) is 1. The first kappa shape index (κ1) is 11.9. The van der Waals surface area contributed by atoms with Gasteiger partial charge in [-0.1, -0.05) is 13.8 Å². The molecule has 0 bridgehead atoms. The topological polar surface area (TPSA) is 86.6 Å². The quantitative estimate of drug-likeness (QED) is 0.561. The van der Waals surface area contributed by atoms with Crippen LogP contribution >= 0.6 is 0 Å². The number of rotatable bonds is 4. The maximum atomic E-state index is 10.7. The van der Waals surface area contributed by atoms with Crippen LogP contribution in [0.2, 0.25) is 0 Å². The summed E-state index contributed by atoms with van der Waals surface area (Å²) in [5.74, 6) is -1.80. The molecular formula is C8H15NO4. The van der Waals surface area contributed by atoms with Crippen LogP contribution in [-0.4, -0.2) is 34.2 Å². The fraction of sp³-hybridized carbons (Fsp3) is 0.750. The molecule has 0 aromatic rings. The van der Waals surface area contributed by atoms with Gasteiger partial charge in [-0.2, -0.15) is 0 Å². The van der Waals surface area contributed by atoms with Crippen LogP contribution in [0.3, 0.4) is 0 Å². The molecule has 0 aromatic heterocycles. The van der Waals surface area contributed by atoms with Crippen molar-refractivity contribution in [3.05, 3.63) is 0 Å². The van der Waals surface area contributed by atoms with Gasteiger partial charge in [-0.25, -0.2) is 4.79 Å². The van der Waals surface area contributed by atoms with E-state index in [-0.39, 0.29) is 11.8 Å². The van der Waals surface area contributed by atoms with Crippen molar-refractivity contribution in [3.8, 4) is 0 Å². The average molecular weight is 189 g/mol. The zero-order chi connectivity index (χ0) is 10.6. The van der Waals surface area contributed by atoms with E-state index < -0.39 is 18.1 Å². The van der Waals surface area contributed by atoms with Crippen molar-refractivity contribution < 1.29 is 19.8 Å². The molecular weight excluding hydrogens is 174 g/mol. The van der Waals surface area contributed by atoms with Crippen LogP contribution in [0.4, 0.5) is 0 Å². The molecule has 2 atom stereocenters. The van der Waals surface area contributed by atoms with Gasteiger partial charge < -0.3 is 15.5 Å². The zero-order valence-corrected chi connectivity index (χ0v) is 7.94. The highest BCUT2D eigenvalue weighted by molar-refractivity contribution is 5.77. The molecule has 5 heteroatoms. The summed E-state index contributed by atoms with van der Waals surface area (Å²) in [5, 5.41) is 20.1. The van der Waals surface area contributed by atoms with Crippen molar-refractivity contribution in [2.24, 2.45) is 5.92 Å². The minimum Gasteiger partial charge on any atom is -0.479 e. The van der Waals surface area contributed by atoms with E-state index in [9.17, 15) is 14.7 Å². The van der Waals surface area contributed by atoms with Crippen molar-refractivity contribution in [1.29, 1.82) is 0 Å². The van der Waals surface area contributed by atoms with Crippen molar-refractivity contribution in [3.63, 3.8) is 0 Å². The van der Waals surface area contributed by atoms with Gasteiger partial charge in [0.1, 0.15) is 0 Å². The second-order valence-corrected chi connectivity index (χ2v) is 3.25. The number of carboxylic acids is 1. The highest BCUT2D eigenvalue weighted by atomic mass is 16.4. The Morgan fingerprint density at radius 3 is 2.00 bits per heavy atom. The molecule has 0 saturated carbocycles. The monoisotopic (exact) mass is 189 g/mol. The molecule has 0 aliphatic carbocycles. The second-order valence-electron chi connectivity index (χ2n) is 3.25. The third-order valence-electron chi connectivity index (χ3n) is 1.68. The summed E-state index contributed by atoms with van der Waals surface area (Å²) < 4.78 is 0. The molecule has 76 valence electrons. The van der Waals surface area contributed by atoms with E-state index in [2.05, 4.69) is 5.32 Å². The second kappa shape index (κ2) is 4.81. The Bertz CT molecular complexity index is 202. The van der Waals surface area contributed by atoms with Crippen molar-refractivity contribution in [2.45, 2.75) is 32.9 Å². The van der Waals surface area contributed by atoms with Crippen LogP contribution in [0.5, 0.6) is 0 Å². The first-order valence-electron chi connectivity index (χ1n) is 4.04. The van der Waals surface area contributed by atoms with Crippen LogP contribution in [0.25, 0.3) is 0 Å². The number of aliphatic hydroxyl groups is 1. The first-order chi connectivity index (χ1) is 5.86. The highest BCUT2D eigenvalue weighted by Gasteiger charge is 2.28. The van der Waals surface area contributed by atoms with Crippen LogP contribution in [-0.2, 0) is 9.59 Å². The molecule has 0 radical (unpaired) electrons. The van der Waals surface area contributed by atoms with Gasteiger partial charge in [-0.15, -0.1) is 0 Å². The predicted molar refractivity (Wildman–Crippen MR) is 46.1 cm³/mol. The Morgan fingerprint density at radius 1 is 1.31 bits per heavy atom. The molecule has 2 unspecified atom stereocenters. The molecule has 1 amide bonds. The van der Waals surface area contributed by atoms with Crippen LogP contribution in [0, 0.1) is 5.92 Å². The SMILES string of the molecule is CC(=O)NC(C(C)C)C(O)C(=O)O. The van der Waals surface area contributed by atoms with Gasteiger partial charge in [0.2, 0.25) is 5.91 Å². The lowest BCUT2D eigenvalue weighted by atomic mass is 9.98. The minimum atomic E-state index is -1.55. The van der Waals surface area contributed by atoms with E-state index in [1.54, 1.807) is 13.8 Å². The fourth-order valence-corrected chi connectivity index (χ4v) is 0.998. The Hall–Kier alpha value is -1.10. The summed E-state index contributed by atoms with van der Waals surface area (Å²) in [4.78, 5) is 21.1. The van der Waals surface area contributed by atoms with Crippen LogP contribution < -0.4 is 5.32 Å². The molecule has 0 spiro atoms. The van der Waals surface area contributed by atoms with Gasteiger partial charge in [-0.05, 0) is 5.92 Å². The maximum Gasteiger partial charge on any atom is 0.334 e. The number of aliphatic carboxylic acids is 1. The van der Waals surface area contributed by atoms with E-state index in [0.29, 0.717) is 0 Å². The summed E-state index contributed by atoms with van der Waals surface area (Å²) in [7, 11) is 0. The van der Waals surface area contributed by atoms with Gasteiger partial charge in [0.15, 0.2) is 6.10 Å². The largest absolute Gasteiger partial charge is 0.479 e. The number of carbonyl (C=O) groups excluding carboxylic acids is 1. The molecule has 0 aliphatic heterocycles. The molecule has 0 rings (SSSR count). The Kier molecular flexibility index (Phi) is 4.40. The predicted octanol–water partition coefficient (Wildman–Crippen LogP) is -0.407. The van der Waals surface area contributed by atoms with Crippen molar-refractivity contribution in [1.82, 2.24) is 5.32 Å². The Morgan fingerprint density at radius 2 is 1.77 bits per heavy atom. The summed E-state index contributed by atoms with van der Waals surface area (Å²) >= 11 is 0. The van der Waals surface area contributed by atoms with Crippen LogP contribution in [0.15, 0.2) is 0 Å². The molecule has 0 saturated heterocycles. The van der Waals surface area contributed by atoms with Crippen LogP contribution in [0.1, 0.15) is 20.8 Å². The fourth-order valence-electron chi connectivity index (χ4n) is 0.998. The highest BCUT2D eigenvalue weighted by Crippen LogP contribution is 2.06. The number of amides is 1. The molecule has 0 fully saturated rings. The molecule has 5 nitrogen and oxygen atoms in total. The lowest BCUT2D eigenvalue weighted by Crippen LogP contribution is -2.49. The number of nitrogens with one attached hydrogen (secondary N) is 1. The van der Waals surface area contributed by atoms with Gasteiger partial charge in [-0.3, -0.25) is 4.79 Å². The smallest absolute Gasteiger partial charge is 0.334 e. The summed E-state index contributed by atoms with van der Waals surface area (Å²) in [6.45, 7) is 4.74. The van der Waals surface area contributed by atoms with Gasteiger partial charge in [0.25, 0.3) is 0 Å². The van der Waals surface area contributed by atoms with E-state index in [4.69, 9.17) is 5.11 Å². The number of hydrogen-bond acceptors (Lipinski definition) is 3. The molecule has 3 N–H and O–H groups in total. The Balaban J connectivity index is 4.41. The first-order valence-corrected chi connectivity index (χ1v) is 4.04. The third-order valence-corrected chi connectivity index (χ3v) is 1.68. The average Bonchev–Trinajstić information content (AvgIpc) is 1.97. The summed E-state index contributed by atoms with van der Waals surface area (Å²) in [5.41, 5.74) is 0. The van der Waals surface area contributed by atoms with E-state index in [1.807, 2.05) is 0 Å². The number of carbonyl (C=O) groups is 2.